The number of hydrogen-bond donors (Lipinski definition) is 2. The van der Waals surface area contributed by atoms with Gasteiger partial charge in [-0.2, -0.15) is 0 Å². The molecule has 6 nitrogen and oxygen atoms in total. The van der Waals surface area contributed by atoms with Crippen LogP contribution in [0.15, 0.2) is 16.7 Å². The molecule has 132 valence electrons. The van der Waals surface area contributed by atoms with Crippen LogP contribution in [0.3, 0.4) is 0 Å². The molecule has 0 unspecified atom stereocenters. The molecule has 1 saturated heterocycles. The van der Waals surface area contributed by atoms with Crippen molar-refractivity contribution in [2.75, 3.05) is 18.4 Å². The Bertz CT molecular complexity index is 600. The summed E-state index contributed by atoms with van der Waals surface area (Å²) in [6, 6.07) is 3.49. The molecule has 0 saturated carbocycles. The average molecular weight is 397 g/mol. The van der Waals surface area contributed by atoms with Crippen LogP contribution in [-0.4, -0.2) is 41.0 Å². The third-order valence-corrected chi connectivity index (χ3v) is 5.26. The highest BCUT2D eigenvalue weighted by atomic mass is 79.9. The molecule has 7 heteroatoms. The molecule has 0 aromatic carbocycles. The van der Waals surface area contributed by atoms with Crippen LogP contribution in [0.2, 0.25) is 0 Å². The van der Waals surface area contributed by atoms with E-state index in [1.54, 1.807) is 6.07 Å². The second kappa shape index (κ2) is 8.46. The summed E-state index contributed by atoms with van der Waals surface area (Å²) in [5, 5.41) is 5.71. The maximum atomic E-state index is 12.2. The fourth-order valence-corrected chi connectivity index (χ4v) is 2.97. The van der Waals surface area contributed by atoms with Gasteiger partial charge < -0.3 is 10.2 Å². The van der Waals surface area contributed by atoms with Gasteiger partial charge in [0.1, 0.15) is 10.4 Å². The van der Waals surface area contributed by atoms with Crippen molar-refractivity contribution in [2.45, 2.75) is 46.1 Å². The quantitative estimate of drug-likeness (QED) is 0.766. The molecule has 0 radical (unpaired) electrons. The van der Waals surface area contributed by atoms with Crippen LogP contribution in [-0.2, 0) is 4.79 Å². The smallest absolute Gasteiger partial charge is 0.320 e. The first-order chi connectivity index (χ1) is 11.4. The number of likely N-dealkylation sites (tertiary alicyclic amines) is 1. The number of pyridine rings is 1. The largest absolute Gasteiger partial charge is 0.342 e. The van der Waals surface area contributed by atoms with E-state index in [0.29, 0.717) is 18.9 Å². The Hall–Kier alpha value is -1.63. The molecule has 3 amide bonds. The number of carbonyl (C=O) groups is 2. The molecule has 0 bridgehead atoms. The topological polar surface area (TPSA) is 74.3 Å². The molecule has 1 aromatic rings. The average Bonchev–Trinajstić information content (AvgIpc) is 2.57. The van der Waals surface area contributed by atoms with Gasteiger partial charge in [0.2, 0.25) is 5.91 Å². The fraction of sp³-hybridized carbons (Fsp3) is 0.588. The van der Waals surface area contributed by atoms with Gasteiger partial charge in [0, 0.05) is 25.0 Å². The first-order valence-electron chi connectivity index (χ1n) is 8.40. The third-order valence-electron chi connectivity index (χ3n) is 4.45. The predicted octanol–water partition coefficient (Wildman–Crippen LogP) is 3.31. The molecule has 24 heavy (non-hydrogen) atoms. The van der Waals surface area contributed by atoms with Gasteiger partial charge in [-0.15, -0.1) is 0 Å². The summed E-state index contributed by atoms with van der Waals surface area (Å²) in [5.41, 5.74) is 1.01. The summed E-state index contributed by atoms with van der Waals surface area (Å²) in [4.78, 5) is 30.4. The number of nitrogens with zero attached hydrogens (tertiary/aromatic N) is 2. The van der Waals surface area contributed by atoms with E-state index in [9.17, 15) is 9.59 Å². The van der Waals surface area contributed by atoms with Crippen LogP contribution >= 0.6 is 15.9 Å². The van der Waals surface area contributed by atoms with Crippen molar-refractivity contribution < 1.29 is 9.59 Å². The first kappa shape index (κ1) is 18.7. The molecule has 1 aliphatic heterocycles. The number of anilines is 1. The standard InChI is InChI=1S/C17H25BrN4O2/c1-4-11(2)16(23)22-9-7-13(8-10-22)19-17(24)21-14-6-5-12(3)15(18)20-14/h5-6,11,13H,4,7-10H2,1-3H3,(H2,19,20,21,24)/t11-/m0/s1. The number of rotatable bonds is 4. The molecule has 2 N–H and O–H groups in total. The summed E-state index contributed by atoms with van der Waals surface area (Å²) in [5.74, 6) is 0.798. The van der Waals surface area contributed by atoms with E-state index in [1.807, 2.05) is 31.7 Å². The Kier molecular flexibility index (Phi) is 6.60. The molecule has 1 aliphatic rings. The predicted molar refractivity (Wildman–Crippen MR) is 97.9 cm³/mol. The van der Waals surface area contributed by atoms with Gasteiger partial charge in [0.05, 0.1) is 0 Å². The van der Waals surface area contributed by atoms with E-state index in [1.165, 1.54) is 0 Å². The maximum absolute atomic E-state index is 12.2. The summed E-state index contributed by atoms with van der Waals surface area (Å²) < 4.78 is 0.720. The summed E-state index contributed by atoms with van der Waals surface area (Å²) in [6.07, 6.45) is 2.42. The normalized spacial score (nSPS) is 16.6. The van der Waals surface area contributed by atoms with Gasteiger partial charge >= 0.3 is 6.03 Å². The number of aromatic nitrogens is 1. The monoisotopic (exact) mass is 396 g/mol. The molecule has 0 aliphatic carbocycles. The molecule has 1 fully saturated rings. The fourth-order valence-electron chi connectivity index (χ4n) is 2.64. The van der Waals surface area contributed by atoms with Crippen molar-refractivity contribution in [3.63, 3.8) is 0 Å². The number of urea groups is 1. The van der Waals surface area contributed by atoms with E-state index in [0.717, 1.165) is 29.4 Å². The van der Waals surface area contributed by atoms with Crippen molar-refractivity contribution in [2.24, 2.45) is 5.92 Å². The van der Waals surface area contributed by atoms with Gasteiger partial charge in [-0.05, 0) is 53.7 Å². The lowest BCUT2D eigenvalue weighted by Crippen LogP contribution is -2.48. The van der Waals surface area contributed by atoms with E-state index >= 15 is 0 Å². The molecule has 2 rings (SSSR count). The Morgan fingerprint density at radius 3 is 2.62 bits per heavy atom. The van der Waals surface area contributed by atoms with Gasteiger partial charge in [0.25, 0.3) is 0 Å². The zero-order valence-electron chi connectivity index (χ0n) is 14.4. The lowest BCUT2D eigenvalue weighted by molar-refractivity contribution is -0.136. The van der Waals surface area contributed by atoms with Crippen LogP contribution in [0.5, 0.6) is 0 Å². The number of aryl methyl sites for hydroxylation is 1. The number of halogens is 1. The van der Waals surface area contributed by atoms with E-state index in [2.05, 4.69) is 31.5 Å². The summed E-state index contributed by atoms with van der Waals surface area (Å²) in [6.45, 7) is 7.33. The van der Waals surface area contributed by atoms with Crippen molar-refractivity contribution in [3.8, 4) is 0 Å². The number of piperidine rings is 1. The first-order valence-corrected chi connectivity index (χ1v) is 9.19. The van der Waals surface area contributed by atoms with Crippen LogP contribution in [0.4, 0.5) is 10.6 Å². The number of amides is 3. The Morgan fingerprint density at radius 2 is 2.04 bits per heavy atom. The van der Waals surface area contributed by atoms with Crippen molar-refractivity contribution in [1.29, 1.82) is 0 Å². The van der Waals surface area contributed by atoms with Crippen molar-refractivity contribution >= 4 is 33.7 Å². The summed E-state index contributed by atoms with van der Waals surface area (Å²) >= 11 is 3.35. The zero-order valence-corrected chi connectivity index (χ0v) is 16.0. The minimum absolute atomic E-state index is 0.0730. The highest BCUT2D eigenvalue weighted by Crippen LogP contribution is 2.17. The van der Waals surface area contributed by atoms with E-state index in [4.69, 9.17) is 0 Å². The van der Waals surface area contributed by atoms with Crippen LogP contribution in [0, 0.1) is 12.8 Å². The second-order valence-electron chi connectivity index (χ2n) is 6.31. The van der Waals surface area contributed by atoms with Crippen molar-refractivity contribution in [1.82, 2.24) is 15.2 Å². The van der Waals surface area contributed by atoms with Crippen LogP contribution < -0.4 is 10.6 Å². The van der Waals surface area contributed by atoms with E-state index in [-0.39, 0.29) is 23.9 Å². The Labute approximate surface area is 151 Å². The Balaban J connectivity index is 1.80. The van der Waals surface area contributed by atoms with Crippen LogP contribution in [0.1, 0.15) is 38.7 Å². The lowest BCUT2D eigenvalue weighted by atomic mass is 10.0. The van der Waals surface area contributed by atoms with Crippen molar-refractivity contribution in [3.05, 3.63) is 22.3 Å². The molecular weight excluding hydrogens is 372 g/mol. The minimum Gasteiger partial charge on any atom is -0.342 e. The molecule has 1 aromatic heterocycles. The van der Waals surface area contributed by atoms with Gasteiger partial charge in [0.15, 0.2) is 0 Å². The number of carbonyl (C=O) groups excluding carboxylic acids is 2. The Morgan fingerprint density at radius 1 is 1.38 bits per heavy atom. The van der Waals surface area contributed by atoms with Gasteiger partial charge in [-0.1, -0.05) is 19.9 Å². The molecule has 1 atom stereocenters. The SMILES string of the molecule is CC[C@H](C)C(=O)N1CCC(NC(=O)Nc2ccc(C)c(Br)n2)CC1. The number of nitrogens with one attached hydrogen (secondary N) is 2. The third kappa shape index (κ3) is 4.93. The van der Waals surface area contributed by atoms with Gasteiger partial charge in [-0.3, -0.25) is 10.1 Å². The van der Waals surface area contributed by atoms with Crippen LogP contribution in [0.25, 0.3) is 0 Å². The summed E-state index contributed by atoms with van der Waals surface area (Å²) in [7, 11) is 0. The molecular formula is C17H25BrN4O2. The highest BCUT2D eigenvalue weighted by molar-refractivity contribution is 9.10. The lowest BCUT2D eigenvalue weighted by Gasteiger charge is -2.33. The molecule has 0 spiro atoms. The number of hydrogen-bond acceptors (Lipinski definition) is 3. The highest BCUT2D eigenvalue weighted by Gasteiger charge is 2.26. The van der Waals surface area contributed by atoms with E-state index < -0.39 is 0 Å². The zero-order chi connectivity index (χ0) is 17.7. The molecule has 2 heterocycles. The minimum atomic E-state index is -0.259. The van der Waals surface area contributed by atoms with Gasteiger partial charge in [-0.25, -0.2) is 9.78 Å². The second-order valence-corrected chi connectivity index (χ2v) is 7.06. The maximum Gasteiger partial charge on any atom is 0.320 e.